The van der Waals surface area contributed by atoms with Crippen molar-refractivity contribution in [2.75, 3.05) is 0 Å². The van der Waals surface area contributed by atoms with Crippen molar-refractivity contribution >= 4 is 0 Å². The quantitative estimate of drug-likeness (QED) is 0.696. The molecule has 0 aliphatic heterocycles. The first kappa shape index (κ1) is 16.0. The molecular formula is C20H20N2O2. The summed E-state index contributed by atoms with van der Waals surface area (Å²) < 4.78 is 2.86. The van der Waals surface area contributed by atoms with Crippen molar-refractivity contribution in [1.29, 1.82) is 0 Å². The second-order valence-corrected chi connectivity index (χ2v) is 6.16. The summed E-state index contributed by atoms with van der Waals surface area (Å²) in [6.45, 7) is 6.40. The van der Waals surface area contributed by atoms with Crippen LogP contribution in [0.2, 0.25) is 0 Å². The predicted molar refractivity (Wildman–Crippen MR) is 96.1 cm³/mol. The van der Waals surface area contributed by atoms with Gasteiger partial charge in [0.1, 0.15) is 0 Å². The molecule has 2 aromatic carbocycles. The summed E-state index contributed by atoms with van der Waals surface area (Å²) in [5.74, 6) is 0. The van der Waals surface area contributed by atoms with E-state index in [1.807, 2.05) is 63.2 Å². The first-order valence-electron chi connectivity index (χ1n) is 7.91. The van der Waals surface area contributed by atoms with Crippen LogP contribution in [-0.2, 0) is 6.54 Å². The van der Waals surface area contributed by atoms with Gasteiger partial charge < -0.3 is 4.57 Å². The highest BCUT2D eigenvalue weighted by Gasteiger charge is 2.08. The van der Waals surface area contributed by atoms with E-state index in [9.17, 15) is 9.59 Å². The Balaban J connectivity index is 2.01. The Morgan fingerprint density at radius 3 is 2.33 bits per heavy atom. The fourth-order valence-electron chi connectivity index (χ4n) is 2.72. The topological polar surface area (TPSA) is 44.0 Å². The molecule has 0 amide bonds. The van der Waals surface area contributed by atoms with Crippen molar-refractivity contribution in [2.24, 2.45) is 0 Å². The smallest absolute Gasteiger partial charge is 0.305 e. The Morgan fingerprint density at radius 1 is 0.833 bits per heavy atom. The van der Waals surface area contributed by atoms with E-state index in [0.717, 1.165) is 22.3 Å². The molecule has 0 bridgehead atoms. The Labute approximate surface area is 140 Å². The standard InChI is InChI=1S/C20H20N2O2/c1-14-5-4-6-17(11-14)13-21-9-10-22(20(24)19(21)23)18-8-7-15(2)16(3)12-18/h4-12H,13H2,1-3H3. The van der Waals surface area contributed by atoms with Crippen LogP contribution >= 0.6 is 0 Å². The normalized spacial score (nSPS) is 10.8. The highest BCUT2D eigenvalue weighted by atomic mass is 16.2. The number of aryl methyl sites for hydroxylation is 3. The predicted octanol–water partition coefficient (Wildman–Crippen LogP) is 2.97. The van der Waals surface area contributed by atoms with Gasteiger partial charge in [0.2, 0.25) is 0 Å². The SMILES string of the molecule is Cc1cccc(Cn2ccn(-c3ccc(C)c(C)c3)c(=O)c2=O)c1. The number of rotatable bonds is 3. The highest BCUT2D eigenvalue weighted by molar-refractivity contribution is 5.39. The molecule has 0 N–H and O–H groups in total. The number of hydrogen-bond donors (Lipinski definition) is 0. The van der Waals surface area contributed by atoms with Crippen LogP contribution in [0.1, 0.15) is 22.3 Å². The average Bonchev–Trinajstić information content (AvgIpc) is 2.55. The largest absolute Gasteiger partial charge is 0.320 e. The molecule has 3 rings (SSSR count). The summed E-state index contributed by atoms with van der Waals surface area (Å²) in [7, 11) is 0. The van der Waals surface area contributed by atoms with Crippen molar-refractivity contribution in [2.45, 2.75) is 27.3 Å². The minimum atomic E-state index is -0.534. The van der Waals surface area contributed by atoms with Crippen LogP contribution in [0, 0.1) is 20.8 Å². The van der Waals surface area contributed by atoms with Crippen molar-refractivity contribution in [3.05, 3.63) is 97.8 Å². The van der Waals surface area contributed by atoms with E-state index in [2.05, 4.69) is 0 Å². The van der Waals surface area contributed by atoms with Gasteiger partial charge in [0.15, 0.2) is 0 Å². The summed E-state index contributed by atoms with van der Waals surface area (Å²) in [5.41, 5.74) is 4.03. The lowest BCUT2D eigenvalue weighted by Crippen LogP contribution is -2.40. The van der Waals surface area contributed by atoms with Crippen LogP contribution in [0.25, 0.3) is 5.69 Å². The number of nitrogens with zero attached hydrogens (tertiary/aromatic N) is 2. The van der Waals surface area contributed by atoms with Gasteiger partial charge in [-0.25, -0.2) is 0 Å². The lowest BCUT2D eigenvalue weighted by molar-refractivity contribution is 0.717. The molecule has 0 saturated carbocycles. The molecule has 122 valence electrons. The number of hydrogen-bond acceptors (Lipinski definition) is 2. The molecule has 3 aromatic rings. The Kier molecular flexibility index (Phi) is 4.21. The zero-order chi connectivity index (χ0) is 17.3. The molecule has 0 unspecified atom stereocenters. The Morgan fingerprint density at radius 2 is 1.62 bits per heavy atom. The van der Waals surface area contributed by atoms with E-state index in [1.165, 1.54) is 9.13 Å². The Hall–Kier alpha value is -2.88. The van der Waals surface area contributed by atoms with Crippen molar-refractivity contribution in [3.8, 4) is 5.69 Å². The lowest BCUT2D eigenvalue weighted by atomic mass is 10.1. The highest BCUT2D eigenvalue weighted by Crippen LogP contribution is 2.12. The van der Waals surface area contributed by atoms with Gasteiger partial charge in [0.25, 0.3) is 0 Å². The van der Waals surface area contributed by atoms with E-state index in [4.69, 9.17) is 0 Å². The maximum Gasteiger partial charge on any atom is 0.320 e. The Bertz CT molecular complexity index is 1010. The lowest BCUT2D eigenvalue weighted by Gasteiger charge is -2.11. The van der Waals surface area contributed by atoms with Gasteiger partial charge in [-0.3, -0.25) is 14.2 Å². The fraction of sp³-hybridized carbons (Fsp3) is 0.200. The monoisotopic (exact) mass is 320 g/mol. The molecular weight excluding hydrogens is 300 g/mol. The molecule has 0 aliphatic carbocycles. The molecule has 1 heterocycles. The van der Waals surface area contributed by atoms with Crippen molar-refractivity contribution in [3.63, 3.8) is 0 Å². The van der Waals surface area contributed by atoms with Gasteiger partial charge in [-0.15, -0.1) is 0 Å². The maximum absolute atomic E-state index is 12.5. The molecule has 0 saturated heterocycles. The van der Waals surface area contributed by atoms with Crippen LogP contribution in [-0.4, -0.2) is 9.13 Å². The van der Waals surface area contributed by atoms with Gasteiger partial charge >= 0.3 is 11.1 Å². The third kappa shape index (κ3) is 3.08. The van der Waals surface area contributed by atoms with Gasteiger partial charge in [0.05, 0.1) is 6.54 Å². The van der Waals surface area contributed by atoms with Gasteiger partial charge in [0, 0.05) is 18.1 Å². The molecule has 24 heavy (non-hydrogen) atoms. The van der Waals surface area contributed by atoms with E-state index < -0.39 is 11.1 Å². The molecule has 4 nitrogen and oxygen atoms in total. The third-order valence-electron chi connectivity index (χ3n) is 4.26. The summed E-state index contributed by atoms with van der Waals surface area (Å²) >= 11 is 0. The maximum atomic E-state index is 12.5. The first-order chi connectivity index (χ1) is 11.5. The van der Waals surface area contributed by atoms with Gasteiger partial charge in [-0.1, -0.05) is 35.9 Å². The third-order valence-corrected chi connectivity index (χ3v) is 4.26. The van der Waals surface area contributed by atoms with Crippen LogP contribution in [0.15, 0.2) is 64.4 Å². The van der Waals surface area contributed by atoms with Crippen LogP contribution in [0.4, 0.5) is 0 Å². The van der Waals surface area contributed by atoms with E-state index in [-0.39, 0.29) is 0 Å². The van der Waals surface area contributed by atoms with Crippen LogP contribution in [0.3, 0.4) is 0 Å². The molecule has 0 aliphatic rings. The molecule has 0 fully saturated rings. The minimum Gasteiger partial charge on any atom is -0.305 e. The molecule has 4 heteroatoms. The molecule has 1 aromatic heterocycles. The van der Waals surface area contributed by atoms with Crippen molar-refractivity contribution < 1.29 is 0 Å². The van der Waals surface area contributed by atoms with E-state index in [0.29, 0.717) is 12.2 Å². The van der Waals surface area contributed by atoms with E-state index in [1.54, 1.807) is 12.4 Å². The second-order valence-electron chi connectivity index (χ2n) is 6.16. The summed E-state index contributed by atoms with van der Waals surface area (Å²) in [5, 5.41) is 0. The van der Waals surface area contributed by atoms with Gasteiger partial charge in [-0.05, 0) is 49.6 Å². The summed E-state index contributed by atoms with van der Waals surface area (Å²) in [4.78, 5) is 24.9. The fourth-order valence-corrected chi connectivity index (χ4v) is 2.72. The van der Waals surface area contributed by atoms with Crippen LogP contribution in [0.5, 0.6) is 0 Å². The zero-order valence-electron chi connectivity index (χ0n) is 14.1. The van der Waals surface area contributed by atoms with Crippen LogP contribution < -0.4 is 11.1 Å². The molecule has 0 atom stereocenters. The number of benzene rings is 2. The van der Waals surface area contributed by atoms with Crippen molar-refractivity contribution in [1.82, 2.24) is 9.13 Å². The molecule has 0 spiro atoms. The first-order valence-corrected chi connectivity index (χ1v) is 7.91. The zero-order valence-corrected chi connectivity index (χ0v) is 14.1. The summed E-state index contributed by atoms with van der Waals surface area (Å²) in [6, 6.07) is 13.6. The second kappa shape index (κ2) is 6.32. The van der Waals surface area contributed by atoms with Gasteiger partial charge in [-0.2, -0.15) is 0 Å². The van der Waals surface area contributed by atoms with E-state index >= 15 is 0 Å². The summed E-state index contributed by atoms with van der Waals surface area (Å²) in [6.07, 6.45) is 3.32. The number of aromatic nitrogens is 2. The minimum absolute atomic E-state index is 0.392. The molecule has 0 radical (unpaired) electrons. The average molecular weight is 320 g/mol.